The monoisotopic (exact) mass is 968 g/mol. The first-order valence-electron chi connectivity index (χ1n) is 18.9. The van der Waals surface area contributed by atoms with Gasteiger partial charge < -0.3 is 0 Å². The number of amidine groups is 4. The first-order valence-corrected chi connectivity index (χ1v) is 23.3. The van der Waals surface area contributed by atoms with Crippen LogP contribution in [0.1, 0.15) is 22.3 Å². The minimum atomic E-state index is -6.25. The lowest BCUT2D eigenvalue weighted by atomic mass is 10.1. The summed E-state index contributed by atoms with van der Waals surface area (Å²) in [5.41, 5.74) is -2.92. The number of fused-ring (bicyclic) bond motifs is 14. The number of nitro groups is 4. The van der Waals surface area contributed by atoms with Crippen molar-refractivity contribution in [2.75, 3.05) is 28.2 Å². The number of aliphatic imine (C=N–C) groups is 4. The van der Waals surface area contributed by atoms with Crippen LogP contribution in [0, 0.1) is 40.5 Å². The van der Waals surface area contributed by atoms with Gasteiger partial charge in [-0.3, -0.25) is 48.9 Å². The van der Waals surface area contributed by atoms with Gasteiger partial charge in [-0.05, 0) is 24.3 Å². The Balaban J connectivity index is 1.57. The summed E-state index contributed by atoms with van der Waals surface area (Å²) >= 11 is 0. The summed E-state index contributed by atoms with van der Waals surface area (Å²) in [4.78, 5) is 74.8. The van der Waals surface area contributed by atoms with E-state index in [1.165, 1.54) is 24.3 Å². The van der Waals surface area contributed by atoms with Crippen LogP contribution < -0.4 is 11.0 Å². The fourth-order valence-corrected chi connectivity index (χ4v) is 14.5. The molecule has 0 fully saturated rings. The second-order valence-corrected chi connectivity index (χ2v) is 21.6. The molecule has 0 aliphatic carbocycles. The highest BCUT2D eigenvalue weighted by Gasteiger charge is 2.60. The number of nitrogens with zero attached hydrogens (tertiary/aromatic N) is 14. The van der Waals surface area contributed by atoms with Gasteiger partial charge in [0.1, 0.15) is 22.6 Å². The van der Waals surface area contributed by atoms with E-state index in [0.29, 0.717) is 8.61 Å². The predicted octanol–water partition coefficient (Wildman–Crippen LogP) is 2.65. The van der Waals surface area contributed by atoms with Crippen molar-refractivity contribution < 1.29 is 44.3 Å². The average molecular weight is 969 g/mol. The Bertz CT molecular complexity index is 3860. The van der Waals surface area contributed by atoms with E-state index in [1.54, 1.807) is 0 Å². The van der Waals surface area contributed by atoms with Crippen LogP contribution in [0.2, 0.25) is 0 Å². The van der Waals surface area contributed by atoms with E-state index < -0.39 is 94.5 Å². The standard InChI is InChI=1S/C36H24N14O14S2Si/c1-43(2)65(59,60)63-67(64-66(61,62)44(3)4)45-34-23-11-7-19(49(55)56)15-27(23)35(45)39-29-21-9-5-17(47(51)52)13-25(21)31(37-29)41-33-24-12-8-20(50(57)58)16-28(24)36(46(33)67)40-30-22-10-6-18(48(53)54)14-26(22)32(38-30)42-34/h5-16H,1-4H3/b39-29-,39-35?,40-30?,40-36-,41-31?,41-33-,42-32-,42-34?. The van der Waals surface area contributed by atoms with Crippen LogP contribution in [0.3, 0.4) is 0 Å². The third-order valence-electron chi connectivity index (χ3n) is 10.8. The lowest BCUT2D eigenvalue weighted by Crippen LogP contribution is -2.66. The van der Waals surface area contributed by atoms with Gasteiger partial charge in [-0.2, -0.15) is 25.4 Å². The number of aromatic nitrogens is 2. The van der Waals surface area contributed by atoms with Crippen molar-refractivity contribution in [1.82, 2.24) is 17.1 Å². The van der Waals surface area contributed by atoms with Crippen molar-refractivity contribution in [3.8, 4) is 0 Å². The van der Waals surface area contributed by atoms with Gasteiger partial charge in [-0.1, -0.05) is 0 Å². The van der Waals surface area contributed by atoms with Crippen molar-refractivity contribution >= 4 is 109 Å². The molecule has 28 nitrogen and oxygen atoms in total. The highest BCUT2D eigenvalue weighted by molar-refractivity contribution is 7.87. The molecule has 31 heteroatoms. The normalized spacial score (nSPS) is 18.1. The molecule has 10 rings (SSSR count). The molecule has 6 heterocycles. The SMILES string of the molecule is CN(C)S(=O)(=O)O[Si]1(OS(=O)(=O)N(C)C)n2c3c4cc([N+](=O)[O-])ccc4c2/N=C2N=C(/N=c4/c5cc([N+](=O)[O-])ccc5/c(n41)=N/C1=NC(=N\3)/c3ccc([N+](=O)[O-])cc31)c1ccc([N+](=O)[O-])cc1\2. The van der Waals surface area contributed by atoms with Crippen molar-refractivity contribution in [3.05, 3.63) is 146 Å². The topological polar surface area (TPSA) is 350 Å². The number of hydrogen-bond acceptors (Lipinski definition) is 20. The van der Waals surface area contributed by atoms with Crippen LogP contribution in [-0.2, 0) is 28.4 Å². The molecule has 6 bridgehead atoms. The van der Waals surface area contributed by atoms with E-state index in [2.05, 4.69) is 9.98 Å². The number of rotatable bonds is 10. The Kier molecular flexibility index (Phi) is 9.18. The van der Waals surface area contributed by atoms with E-state index in [-0.39, 0.29) is 67.1 Å². The van der Waals surface area contributed by atoms with E-state index in [0.717, 1.165) is 85.2 Å². The fourth-order valence-electron chi connectivity index (χ4n) is 7.63. The maximum Gasteiger partial charge on any atom is 0.634 e. The zero-order valence-electron chi connectivity index (χ0n) is 34.2. The molecule has 0 atom stereocenters. The molecule has 67 heavy (non-hydrogen) atoms. The Hall–Kier alpha value is -8.20. The van der Waals surface area contributed by atoms with Gasteiger partial charge in [0.15, 0.2) is 23.3 Å². The minimum absolute atomic E-state index is 0.0239. The number of hydrogen-bond donors (Lipinski definition) is 0. The third kappa shape index (κ3) is 6.39. The predicted molar refractivity (Wildman–Crippen MR) is 235 cm³/mol. The molecule has 338 valence electrons. The van der Waals surface area contributed by atoms with Crippen molar-refractivity contribution in [3.63, 3.8) is 0 Å². The van der Waals surface area contributed by atoms with Gasteiger partial charge in [0.05, 0.1) is 19.7 Å². The second kappa shape index (κ2) is 14.4. The van der Waals surface area contributed by atoms with Crippen LogP contribution in [0.15, 0.2) is 103 Å². The van der Waals surface area contributed by atoms with Crippen LogP contribution in [-0.4, -0.2) is 114 Å². The van der Waals surface area contributed by atoms with Crippen molar-refractivity contribution in [2.45, 2.75) is 0 Å². The van der Waals surface area contributed by atoms with Crippen molar-refractivity contribution in [2.24, 2.45) is 30.0 Å². The first kappa shape index (κ1) is 42.7. The molecular formula is C36H24N14O14S2Si. The largest absolute Gasteiger partial charge is 0.634 e. The third-order valence-corrected chi connectivity index (χ3v) is 18.0. The number of benzene rings is 4. The Morgan fingerprint density at radius 3 is 1.31 bits per heavy atom. The molecule has 6 aromatic rings. The summed E-state index contributed by atoms with van der Waals surface area (Å²) in [6.45, 7) is 0. The maximum atomic E-state index is 14.6. The average Bonchev–Trinajstić information content (AvgIpc) is 3.97. The minimum Gasteiger partial charge on any atom is -0.271 e. The summed E-state index contributed by atoms with van der Waals surface area (Å²) in [7, 11) is -12.6. The van der Waals surface area contributed by atoms with Gasteiger partial charge in [0.2, 0.25) is 0 Å². The molecular weight excluding hydrogens is 945 g/mol. The van der Waals surface area contributed by atoms with Gasteiger partial charge in [0, 0.05) is 121 Å². The molecule has 4 aliphatic rings. The maximum absolute atomic E-state index is 14.6. The van der Waals surface area contributed by atoms with Crippen molar-refractivity contribution in [1.29, 1.82) is 0 Å². The highest BCUT2D eigenvalue weighted by atomic mass is 32.2. The van der Waals surface area contributed by atoms with Gasteiger partial charge in [0.25, 0.3) is 22.7 Å². The summed E-state index contributed by atoms with van der Waals surface area (Å²) < 4.78 is 73.8. The lowest BCUT2D eigenvalue weighted by molar-refractivity contribution is -0.385. The van der Waals surface area contributed by atoms with Gasteiger partial charge in [-0.25, -0.2) is 37.7 Å². The summed E-state index contributed by atoms with van der Waals surface area (Å²) in [5, 5.41) is 48.5. The molecule has 0 spiro atoms. The van der Waals surface area contributed by atoms with Crippen LogP contribution in [0.25, 0.3) is 21.5 Å². The van der Waals surface area contributed by atoms with Crippen LogP contribution >= 0.6 is 0 Å². The first-order chi connectivity index (χ1) is 31.6. The molecule has 0 unspecified atom stereocenters. The van der Waals surface area contributed by atoms with Crippen LogP contribution in [0.5, 0.6) is 0 Å². The molecule has 4 aliphatic heterocycles. The quantitative estimate of drug-likeness (QED) is 0.108. The van der Waals surface area contributed by atoms with E-state index >= 15 is 0 Å². The van der Waals surface area contributed by atoms with Crippen LogP contribution in [0.4, 0.5) is 34.4 Å². The van der Waals surface area contributed by atoms with Gasteiger partial charge >= 0.3 is 29.5 Å². The molecule has 0 saturated heterocycles. The smallest absolute Gasteiger partial charge is 0.271 e. The van der Waals surface area contributed by atoms with E-state index in [1.807, 2.05) is 0 Å². The Morgan fingerprint density at radius 2 is 0.836 bits per heavy atom. The highest BCUT2D eigenvalue weighted by Crippen LogP contribution is 2.46. The zero-order valence-corrected chi connectivity index (χ0v) is 36.9. The molecule has 0 N–H and O–H groups in total. The van der Waals surface area contributed by atoms with Gasteiger partial charge in [-0.15, -0.1) is 0 Å². The molecule has 0 amide bonds. The van der Waals surface area contributed by atoms with E-state index in [4.69, 9.17) is 27.7 Å². The second-order valence-electron chi connectivity index (χ2n) is 15.1. The molecule has 2 aromatic heterocycles. The fraction of sp³-hybridized carbons (Fsp3) is 0.111. The number of non-ortho nitro benzene ring substituents is 4. The zero-order chi connectivity index (χ0) is 47.8. The van der Waals surface area contributed by atoms with E-state index in [9.17, 15) is 57.3 Å². The Labute approximate surface area is 373 Å². The summed E-state index contributed by atoms with van der Waals surface area (Å²) in [6, 6.07) is 13.6. The Morgan fingerprint density at radius 1 is 0.463 bits per heavy atom. The lowest BCUT2D eigenvalue weighted by Gasteiger charge is -2.33. The molecule has 0 radical (unpaired) electrons. The summed E-state index contributed by atoms with van der Waals surface area (Å²) in [6.07, 6.45) is 0. The molecule has 0 saturated carbocycles. The number of nitro benzene ring substituents is 4. The molecule has 4 aromatic carbocycles. The summed E-state index contributed by atoms with van der Waals surface area (Å²) in [5.74, 6) is -2.30.